The minimum absolute atomic E-state index is 0.542. The normalized spacial score (nSPS) is 11.8. The molecule has 4 heterocycles. The molecule has 0 N–H and O–H groups in total. The third kappa shape index (κ3) is 4.86. The van der Waals surface area contributed by atoms with E-state index in [0.717, 1.165) is 60.5 Å². The predicted octanol–water partition coefficient (Wildman–Crippen LogP) is 12.1. The van der Waals surface area contributed by atoms with Crippen LogP contribution in [-0.2, 0) is 0 Å². The van der Waals surface area contributed by atoms with Crippen molar-refractivity contribution in [3.05, 3.63) is 164 Å². The number of hydrogen-bond acceptors (Lipinski definition) is 6. The molecule has 0 spiro atoms. The van der Waals surface area contributed by atoms with Crippen molar-refractivity contribution in [2.24, 2.45) is 0 Å². The molecule has 248 valence electrons. The van der Waals surface area contributed by atoms with Crippen LogP contribution >= 0.6 is 11.3 Å². The van der Waals surface area contributed by atoms with Crippen LogP contribution in [0.4, 0.5) is 0 Å². The molecule has 0 unspecified atom stereocenters. The van der Waals surface area contributed by atoms with Crippen molar-refractivity contribution in [3.8, 4) is 51.3 Å². The smallest absolute Gasteiger partial charge is 0.238 e. The van der Waals surface area contributed by atoms with Gasteiger partial charge in [-0.05, 0) is 65.7 Å². The number of fused-ring (bicyclic) bond motifs is 7. The minimum Gasteiger partial charge on any atom is -0.436 e. The summed E-state index contributed by atoms with van der Waals surface area (Å²) in [4.78, 5) is 20.6. The highest BCUT2D eigenvalue weighted by molar-refractivity contribution is 7.25. The summed E-state index contributed by atoms with van der Waals surface area (Å²) in [5.74, 6) is 2.27. The average Bonchev–Trinajstić information content (AvgIpc) is 3.93. The maximum atomic E-state index is 6.31. The van der Waals surface area contributed by atoms with Crippen LogP contribution in [0.1, 0.15) is 0 Å². The Kier molecular flexibility index (Phi) is 6.62. The molecular weight excluding hydrogens is 671 g/mol. The minimum atomic E-state index is 0.542. The Labute approximate surface area is 307 Å². The first kappa shape index (κ1) is 29.7. The summed E-state index contributed by atoms with van der Waals surface area (Å²) in [5.41, 5.74) is 8.45. The second kappa shape index (κ2) is 11.8. The van der Waals surface area contributed by atoms with Gasteiger partial charge in [0.25, 0.3) is 0 Å². The Hall–Kier alpha value is -6.96. The third-order valence-corrected chi connectivity index (χ3v) is 11.1. The van der Waals surface area contributed by atoms with Crippen molar-refractivity contribution in [1.82, 2.24) is 24.5 Å². The topological polar surface area (TPSA) is 69.6 Å². The van der Waals surface area contributed by atoms with Crippen LogP contribution in [0.3, 0.4) is 0 Å². The zero-order chi connectivity index (χ0) is 34.9. The Morgan fingerprint density at radius 2 is 1.15 bits per heavy atom. The fraction of sp³-hybridized carbons (Fsp3) is 0. The fourth-order valence-corrected chi connectivity index (χ4v) is 8.57. The molecule has 4 aromatic heterocycles. The van der Waals surface area contributed by atoms with E-state index in [9.17, 15) is 0 Å². The standard InChI is InChI=1S/C46H27N5OS/c1-3-12-28(13-4-1)30-22-24-33-32-16-7-9-19-37(32)51(38(33)26-30)46-49-43(31-23-25-36-39(27-31)52-45(47-36)29-14-5-2-6-15-29)48-44(50-46)35-18-11-21-41-42(35)34-17-8-10-20-40(34)53-41/h1-27H. The van der Waals surface area contributed by atoms with Crippen LogP contribution in [0.25, 0.3) is 104 Å². The first-order valence-corrected chi connectivity index (χ1v) is 18.3. The van der Waals surface area contributed by atoms with E-state index in [1.807, 2.05) is 54.6 Å². The van der Waals surface area contributed by atoms with Gasteiger partial charge in [0.2, 0.25) is 11.8 Å². The van der Waals surface area contributed by atoms with E-state index in [0.29, 0.717) is 29.1 Å². The molecular formula is C46H27N5OS. The number of rotatable bonds is 5. The Morgan fingerprint density at radius 1 is 0.453 bits per heavy atom. The zero-order valence-electron chi connectivity index (χ0n) is 28.1. The van der Waals surface area contributed by atoms with Gasteiger partial charge in [0.05, 0.1) is 11.0 Å². The SMILES string of the molecule is c1ccc(-c2ccc3c4ccccc4n(-c4nc(-c5ccc6nc(-c7ccccc7)oc6c5)nc(-c5cccc6sc7ccccc7c56)n4)c3c2)cc1. The number of benzene rings is 7. The molecule has 6 nitrogen and oxygen atoms in total. The van der Waals surface area contributed by atoms with Gasteiger partial charge >= 0.3 is 0 Å². The molecule has 0 amide bonds. The van der Waals surface area contributed by atoms with Crippen molar-refractivity contribution in [3.63, 3.8) is 0 Å². The van der Waals surface area contributed by atoms with Gasteiger partial charge in [-0.1, -0.05) is 109 Å². The summed E-state index contributed by atoms with van der Waals surface area (Å²) >= 11 is 1.78. The molecule has 7 aromatic carbocycles. The van der Waals surface area contributed by atoms with E-state index in [1.165, 1.54) is 14.8 Å². The molecule has 0 aliphatic carbocycles. The molecule has 0 aliphatic heterocycles. The molecule has 0 atom stereocenters. The van der Waals surface area contributed by atoms with Gasteiger partial charge in [0, 0.05) is 47.6 Å². The van der Waals surface area contributed by atoms with E-state index in [4.69, 9.17) is 24.4 Å². The van der Waals surface area contributed by atoms with Crippen LogP contribution in [0, 0.1) is 0 Å². The first-order chi connectivity index (χ1) is 26.2. The Balaban J connectivity index is 1.19. The van der Waals surface area contributed by atoms with E-state index in [-0.39, 0.29) is 0 Å². The van der Waals surface area contributed by atoms with Gasteiger partial charge in [-0.2, -0.15) is 9.97 Å². The van der Waals surface area contributed by atoms with E-state index < -0.39 is 0 Å². The zero-order valence-corrected chi connectivity index (χ0v) is 29.0. The lowest BCUT2D eigenvalue weighted by molar-refractivity contribution is 0.620. The summed E-state index contributed by atoms with van der Waals surface area (Å²) in [7, 11) is 0. The second-order valence-electron chi connectivity index (χ2n) is 13.1. The van der Waals surface area contributed by atoms with Crippen molar-refractivity contribution in [2.45, 2.75) is 0 Å². The van der Waals surface area contributed by atoms with Gasteiger partial charge in [-0.25, -0.2) is 9.97 Å². The molecule has 0 bridgehead atoms. The average molecular weight is 698 g/mol. The molecule has 11 aromatic rings. The number of aromatic nitrogens is 5. The van der Waals surface area contributed by atoms with E-state index in [2.05, 4.69) is 114 Å². The summed E-state index contributed by atoms with van der Waals surface area (Å²) in [5, 5.41) is 4.59. The number of para-hydroxylation sites is 1. The van der Waals surface area contributed by atoms with Gasteiger partial charge in [0.15, 0.2) is 17.2 Å². The quantitative estimate of drug-likeness (QED) is 0.179. The van der Waals surface area contributed by atoms with E-state index in [1.54, 1.807) is 11.3 Å². The number of nitrogens with zero attached hydrogens (tertiary/aromatic N) is 5. The lowest BCUT2D eigenvalue weighted by Crippen LogP contribution is -2.06. The molecule has 0 saturated carbocycles. The number of oxazole rings is 1. The highest BCUT2D eigenvalue weighted by Crippen LogP contribution is 2.40. The van der Waals surface area contributed by atoms with Gasteiger partial charge < -0.3 is 4.42 Å². The Bertz CT molecular complexity index is 3180. The Morgan fingerprint density at radius 3 is 2.02 bits per heavy atom. The molecule has 0 fully saturated rings. The van der Waals surface area contributed by atoms with Crippen LogP contribution in [0.15, 0.2) is 168 Å². The van der Waals surface area contributed by atoms with Crippen LogP contribution in [-0.4, -0.2) is 24.5 Å². The summed E-state index contributed by atoms with van der Waals surface area (Å²) in [6.45, 7) is 0. The maximum Gasteiger partial charge on any atom is 0.238 e. The van der Waals surface area contributed by atoms with Crippen LogP contribution < -0.4 is 0 Å². The van der Waals surface area contributed by atoms with Crippen molar-refractivity contribution in [1.29, 1.82) is 0 Å². The first-order valence-electron chi connectivity index (χ1n) is 17.5. The van der Waals surface area contributed by atoms with Gasteiger partial charge in [-0.15, -0.1) is 11.3 Å². The summed E-state index contributed by atoms with van der Waals surface area (Å²) in [6.07, 6.45) is 0. The van der Waals surface area contributed by atoms with E-state index >= 15 is 0 Å². The van der Waals surface area contributed by atoms with Gasteiger partial charge in [0.1, 0.15) is 5.52 Å². The van der Waals surface area contributed by atoms with Gasteiger partial charge in [-0.3, -0.25) is 4.57 Å². The molecule has 0 saturated heterocycles. The number of thiophene rings is 1. The van der Waals surface area contributed by atoms with Crippen LogP contribution in [0.2, 0.25) is 0 Å². The van der Waals surface area contributed by atoms with Crippen molar-refractivity contribution < 1.29 is 4.42 Å². The molecule has 11 rings (SSSR count). The predicted molar refractivity (Wildman–Crippen MR) is 216 cm³/mol. The third-order valence-electron chi connectivity index (χ3n) is 9.92. The highest BCUT2D eigenvalue weighted by atomic mass is 32.1. The largest absolute Gasteiger partial charge is 0.436 e. The molecule has 7 heteroatoms. The number of hydrogen-bond donors (Lipinski definition) is 0. The lowest BCUT2D eigenvalue weighted by atomic mass is 10.0. The maximum absolute atomic E-state index is 6.31. The van der Waals surface area contributed by atoms with Crippen molar-refractivity contribution in [2.75, 3.05) is 0 Å². The molecule has 0 radical (unpaired) electrons. The van der Waals surface area contributed by atoms with Crippen molar-refractivity contribution >= 4 is 64.4 Å². The lowest BCUT2D eigenvalue weighted by Gasteiger charge is -2.12. The summed E-state index contributed by atoms with van der Waals surface area (Å²) < 4.78 is 10.9. The summed E-state index contributed by atoms with van der Waals surface area (Å²) in [6, 6.07) is 56.4. The highest BCUT2D eigenvalue weighted by Gasteiger charge is 2.21. The molecule has 0 aliphatic rings. The second-order valence-corrected chi connectivity index (χ2v) is 14.2. The van der Waals surface area contributed by atoms with Crippen LogP contribution in [0.5, 0.6) is 0 Å². The fourth-order valence-electron chi connectivity index (χ4n) is 7.44. The monoisotopic (exact) mass is 697 g/mol. The molecule has 53 heavy (non-hydrogen) atoms.